The smallest absolute Gasteiger partial charge is 0.271 e. The van der Waals surface area contributed by atoms with Crippen molar-refractivity contribution in [2.75, 3.05) is 19.7 Å². The van der Waals surface area contributed by atoms with Gasteiger partial charge in [0.25, 0.3) is 11.8 Å². The largest absolute Gasteiger partial charge is 0.492 e. The average molecular weight is 450 g/mol. The Morgan fingerprint density at radius 1 is 1.18 bits per heavy atom. The third kappa shape index (κ3) is 6.44. The number of nitrogens with one attached hydrogen (secondary N) is 4. The minimum atomic E-state index is -0.763. The van der Waals surface area contributed by atoms with Crippen LogP contribution in [0.4, 0.5) is 0 Å². The quantitative estimate of drug-likeness (QED) is 0.427. The first-order valence-electron chi connectivity index (χ1n) is 10.7. The van der Waals surface area contributed by atoms with Gasteiger partial charge in [-0.25, -0.2) is 4.98 Å². The van der Waals surface area contributed by atoms with Gasteiger partial charge in [-0.3, -0.25) is 20.0 Å². The molecule has 0 saturated heterocycles. The van der Waals surface area contributed by atoms with Crippen LogP contribution in [0.2, 0.25) is 0 Å². The number of amides is 2. The molecule has 1 aliphatic heterocycles. The second-order valence-electron chi connectivity index (χ2n) is 7.17. The van der Waals surface area contributed by atoms with E-state index in [1.54, 1.807) is 23.3 Å². The molecule has 0 saturated carbocycles. The van der Waals surface area contributed by atoms with Gasteiger partial charge in [0.2, 0.25) is 0 Å². The SMILES string of the molecule is CCOc1ccc(C(=O)NCCN2C=C(C(=O)NC(C#N)c3ccc(CC)cc3)NN2)nc1. The molecular weight excluding hydrogens is 422 g/mol. The van der Waals surface area contributed by atoms with Crippen LogP contribution < -0.4 is 26.3 Å². The highest BCUT2D eigenvalue weighted by Crippen LogP contribution is 2.15. The first kappa shape index (κ1) is 23.6. The standard InChI is InChI=1S/C23H27N7O3/c1-3-16-5-7-17(8-6-16)20(13-24)27-23(32)21-15-30(29-28-21)12-11-25-22(31)19-10-9-18(14-26-19)33-4-2/h5-10,14-15,20,28-29H,3-4,11-12H2,1-2H3,(H,25,31)(H,27,32). The summed E-state index contributed by atoms with van der Waals surface area (Å²) in [6.45, 7) is 5.17. The number of pyridine rings is 1. The van der Waals surface area contributed by atoms with Crippen LogP contribution in [-0.4, -0.2) is 41.5 Å². The summed E-state index contributed by atoms with van der Waals surface area (Å²) in [6, 6.07) is 12.2. The van der Waals surface area contributed by atoms with Gasteiger partial charge in [-0.15, -0.1) is 5.53 Å². The Kier molecular flexibility index (Phi) is 8.21. The van der Waals surface area contributed by atoms with Crippen molar-refractivity contribution in [1.29, 1.82) is 5.26 Å². The zero-order chi connectivity index (χ0) is 23.6. The van der Waals surface area contributed by atoms with Crippen molar-refractivity contribution < 1.29 is 14.3 Å². The van der Waals surface area contributed by atoms with Crippen LogP contribution in [0.1, 0.15) is 41.5 Å². The Morgan fingerprint density at radius 3 is 2.61 bits per heavy atom. The van der Waals surface area contributed by atoms with Gasteiger partial charge in [-0.1, -0.05) is 31.2 Å². The number of benzene rings is 1. The van der Waals surface area contributed by atoms with Crippen molar-refractivity contribution in [1.82, 2.24) is 31.6 Å². The molecule has 1 aromatic heterocycles. The molecule has 10 nitrogen and oxygen atoms in total. The van der Waals surface area contributed by atoms with Gasteiger partial charge in [0.1, 0.15) is 23.2 Å². The van der Waals surface area contributed by atoms with Crippen LogP contribution in [0.3, 0.4) is 0 Å². The first-order valence-corrected chi connectivity index (χ1v) is 10.7. The van der Waals surface area contributed by atoms with Gasteiger partial charge in [-0.2, -0.15) is 5.26 Å². The van der Waals surface area contributed by atoms with Crippen molar-refractivity contribution >= 4 is 11.8 Å². The van der Waals surface area contributed by atoms with Crippen molar-refractivity contribution in [2.45, 2.75) is 26.3 Å². The molecule has 1 atom stereocenters. The van der Waals surface area contributed by atoms with E-state index in [-0.39, 0.29) is 17.3 Å². The third-order valence-electron chi connectivity index (χ3n) is 4.91. The fourth-order valence-corrected chi connectivity index (χ4v) is 3.08. The van der Waals surface area contributed by atoms with E-state index in [4.69, 9.17) is 4.74 Å². The second-order valence-corrected chi connectivity index (χ2v) is 7.17. The highest BCUT2D eigenvalue weighted by Gasteiger charge is 2.21. The van der Waals surface area contributed by atoms with Gasteiger partial charge in [0, 0.05) is 12.7 Å². The maximum Gasteiger partial charge on any atom is 0.271 e. The molecule has 1 unspecified atom stereocenters. The summed E-state index contributed by atoms with van der Waals surface area (Å²) in [6.07, 6.45) is 3.98. The molecule has 33 heavy (non-hydrogen) atoms. The zero-order valence-corrected chi connectivity index (χ0v) is 18.6. The Balaban J connectivity index is 1.47. The molecule has 4 N–H and O–H groups in total. The normalized spacial score (nSPS) is 13.4. The fraction of sp³-hybridized carbons (Fsp3) is 0.304. The maximum atomic E-state index is 12.5. The van der Waals surface area contributed by atoms with Crippen molar-refractivity contribution in [3.63, 3.8) is 0 Å². The van der Waals surface area contributed by atoms with Crippen LogP contribution in [0.5, 0.6) is 5.75 Å². The lowest BCUT2D eigenvalue weighted by atomic mass is 10.0. The molecule has 2 aromatic rings. The highest BCUT2D eigenvalue weighted by molar-refractivity contribution is 5.93. The fourth-order valence-electron chi connectivity index (χ4n) is 3.08. The predicted octanol–water partition coefficient (Wildman–Crippen LogP) is 1.32. The van der Waals surface area contributed by atoms with Crippen LogP contribution >= 0.6 is 0 Å². The number of nitriles is 1. The minimum Gasteiger partial charge on any atom is -0.492 e. The predicted molar refractivity (Wildman–Crippen MR) is 121 cm³/mol. The molecule has 0 aliphatic carbocycles. The van der Waals surface area contributed by atoms with Crippen LogP contribution in [0.15, 0.2) is 54.5 Å². The number of nitrogens with zero attached hydrogens (tertiary/aromatic N) is 3. The molecule has 172 valence electrons. The number of carbonyl (C=O) groups excluding carboxylic acids is 2. The van der Waals surface area contributed by atoms with Crippen LogP contribution in [0.25, 0.3) is 0 Å². The van der Waals surface area contributed by atoms with E-state index in [0.29, 0.717) is 25.4 Å². The second kappa shape index (κ2) is 11.5. The Labute approximate surface area is 192 Å². The van der Waals surface area contributed by atoms with E-state index in [0.717, 1.165) is 17.5 Å². The maximum absolute atomic E-state index is 12.5. The summed E-state index contributed by atoms with van der Waals surface area (Å²) in [5.74, 6) is -0.120. The molecular formula is C23H27N7O3. The van der Waals surface area contributed by atoms with Gasteiger partial charge < -0.3 is 15.4 Å². The van der Waals surface area contributed by atoms with Crippen LogP contribution in [0, 0.1) is 11.3 Å². The third-order valence-corrected chi connectivity index (χ3v) is 4.91. The van der Waals surface area contributed by atoms with E-state index in [2.05, 4.69) is 39.6 Å². The number of hydrazine groups is 2. The van der Waals surface area contributed by atoms with Gasteiger partial charge >= 0.3 is 0 Å². The Bertz CT molecular complexity index is 1030. The number of hydrogen-bond donors (Lipinski definition) is 4. The molecule has 0 fully saturated rings. The summed E-state index contributed by atoms with van der Waals surface area (Å²) >= 11 is 0. The number of aryl methyl sites for hydroxylation is 1. The zero-order valence-electron chi connectivity index (χ0n) is 18.6. The topological polar surface area (TPSA) is 131 Å². The van der Waals surface area contributed by atoms with Gasteiger partial charge in [0.05, 0.1) is 25.4 Å². The van der Waals surface area contributed by atoms with E-state index in [1.165, 1.54) is 6.20 Å². The first-order chi connectivity index (χ1) is 16.0. The van der Waals surface area contributed by atoms with E-state index < -0.39 is 11.9 Å². The number of rotatable bonds is 10. The molecule has 1 aliphatic rings. The summed E-state index contributed by atoms with van der Waals surface area (Å²) in [4.78, 5) is 28.8. The van der Waals surface area contributed by atoms with E-state index in [1.807, 2.05) is 31.2 Å². The lowest BCUT2D eigenvalue weighted by molar-refractivity contribution is -0.118. The molecule has 10 heteroatoms. The summed E-state index contributed by atoms with van der Waals surface area (Å²) < 4.78 is 5.31. The highest BCUT2D eigenvalue weighted by atomic mass is 16.5. The molecule has 3 rings (SSSR count). The van der Waals surface area contributed by atoms with Gasteiger partial charge in [0.15, 0.2) is 0 Å². The number of hydrogen-bond acceptors (Lipinski definition) is 8. The molecule has 2 heterocycles. The van der Waals surface area contributed by atoms with Crippen molar-refractivity contribution in [3.05, 3.63) is 71.3 Å². The lowest BCUT2D eigenvalue weighted by Crippen LogP contribution is -2.42. The number of carbonyl (C=O) groups is 2. The van der Waals surface area contributed by atoms with E-state index >= 15 is 0 Å². The summed E-state index contributed by atoms with van der Waals surface area (Å²) in [5, 5.41) is 16.6. The summed E-state index contributed by atoms with van der Waals surface area (Å²) in [5.41, 5.74) is 8.03. The average Bonchev–Trinajstić information content (AvgIpc) is 3.32. The lowest BCUT2D eigenvalue weighted by Gasteiger charge is -2.15. The number of ether oxygens (including phenoxy) is 1. The minimum absolute atomic E-state index is 0.264. The Morgan fingerprint density at radius 2 is 1.97 bits per heavy atom. The molecule has 0 spiro atoms. The Hall–Kier alpha value is -4.10. The molecule has 2 amide bonds. The summed E-state index contributed by atoms with van der Waals surface area (Å²) in [7, 11) is 0. The van der Waals surface area contributed by atoms with Gasteiger partial charge in [-0.05, 0) is 36.6 Å². The monoisotopic (exact) mass is 449 g/mol. The van der Waals surface area contributed by atoms with E-state index in [9.17, 15) is 14.9 Å². The molecule has 0 radical (unpaired) electrons. The van der Waals surface area contributed by atoms with Crippen molar-refractivity contribution in [2.24, 2.45) is 0 Å². The molecule has 0 bridgehead atoms. The van der Waals surface area contributed by atoms with Crippen molar-refractivity contribution in [3.8, 4) is 11.8 Å². The van der Waals surface area contributed by atoms with Crippen LogP contribution in [-0.2, 0) is 11.2 Å². The molecule has 1 aromatic carbocycles. The number of aromatic nitrogens is 1.